The first kappa shape index (κ1) is 10.6. The Bertz CT molecular complexity index is 307. The number of esters is 1. The molecule has 0 bridgehead atoms. The quantitative estimate of drug-likeness (QED) is 0.591. The molecule has 3 nitrogen and oxygen atoms in total. The highest BCUT2D eigenvalue weighted by Gasteiger charge is 2.03. The molecule has 1 N–H and O–H groups in total. The van der Waals surface area contributed by atoms with E-state index >= 15 is 0 Å². The third-order valence-corrected chi connectivity index (χ3v) is 1.78. The third-order valence-electron chi connectivity index (χ3n) is 1.78. The van der Waals surface area contributed by atoms with E-state index in [9.17, 15) is 4.79 Å². The highest BCUT2D eigenvalue weighted by atomic mass is 16.5. The Morgan fingerprint density at radius 3 is 2.93 bits per heavy atom. The van der Waals surface area contributed by atoms with Gasteiger partial charge in [-0.05, 0) is 18.6 Å². The summed E-state index contributed by atoms with van der Waals surface area (Å²) >= 11 is 0. The summed E-state index contributed by atoms with van der Waals surface area (Å²) in [4.78, 5) is 11.2. The van der Waals surface area contributed by atoms with Crippen molar-refractivity contribution >= 4 is 5.97 Å². The fourth-order valence-electron chi connectivity index (χ4n) is 1.05. The maximum atomic E-state index is 11.2. The number of aromatic hydroxyl groups is 1. The summed E-state index contributed by atoms with van der Waals surface area (Å²) in [6.07, 6.45) is 2.22. The van der Waals surface area contributed by atoms with Gasteiger partial charge in [0.15, 0.2) is 0 Å². The Labute approximate surface area is 83.3 Å². The summed E-state index contributed by atoms with van der Waals surface area (Å²) in [6, 6.07) is 6.23. The lowest BCUT2D eigenvalue weighted by Gasteiger charge is -2.03. The molecule has 0 radical (unpaired) electrons. The largest absolute Gasteiger partial charge is 0.508 e. The second-order valence-electron chi connectivity index (χ2n) is 3.07. The van der Waals surface area contributed by atoms with E-state index in [1.807, 2.05) is 6.92 Å². The van der Waals surface area contributed by atoms with Crippen LogP contribution in [0.15, 0.2) is 24.3 Å². The summed E-state index contributed by atoms with van der Waals surface area (Å²) < 4.78 is 5.00. The van der Waals surface area contributed by atoms with Gasteiger partial charge in [-0.25, -0.2) is 0 Å². The summed E-state index contributed by atoms with van der Waals surface area (Å²) in [5.41, 5.74) is 0. The second kappa shape index (κ2) is 5.27. The van der Waals surface area contributed by atoms with Crippen molar-refractivity contribution in [2.24, 2.45) is 0 Å². The Morgan fingerprint density at radius 2 is 2.29 bits per heavy atom. The number of ether oxygens (including phenoxy) is 1. The van der Waals surface area contributed by atoms with Crippen molar-refractivity contribution in [2.45, 2.75) is 26.2 Å². The van der Waals surface area contributed by atoms with Gasteiger partial charge >= 0.3 is 5.97 Å². The van der Waals surface area contributed by atoms with E-state index in [1.54, 1.807) is 12.1 Å². The lowest BCUT2D eigenvalue weighted by molar-refractivity contribution is -0.134. The van der Waals surface area contributed by atoms with Crippen molar-refractivity contribution in [3.8, 4) is 11.5 Å². The molecule has 0 unspecified atom stereocenters. The van der Waals surface area contributed by atoms with Crippen LogP contribution in [0, 0.1) is 0 Å². The molecule has 0 aliphatic carbocycles. The van der Waals surface area contributed by atoms with Gasteiger partial charge in [-0.1, -0.05) is 19.4 Å². The average molecular weight is 194 g/mol. The molecule has 0 amide bonds. The molecule has 0 spiro atoms. The number of carbonyl (C=O) groups excluding carboxylic acids is 1. The van der Waals surface area contributed by atoms with E-state index < -0.39 is 0 Å². The van der Waals surface area contributed by atoms with Crippen LogP contribution in [0.1, 0.15) is 26.2 Å². The number of phenols is 1. The SMILES string of the molecule is CCCCC(=O)Oc1cccc(O)c1. The fraction of sp³-hybridized carbons (Fsp3) is 0.364. The number of rotatable bonds is 4. The highest BCUT2D eigenvalue weighted by molar-refractivity contribution is 5.72. The van der Waals surface area contributed by atoms with Gasteiger partial charge in [-0.15, -0.1) is 0 Å². The minimum Gasteiger partial charge on any atom is -0.508 e. The summed E-state index contributed by atoms with van der Waals surface area (Å²) in [7, 11) is 0. The number of hydrogen-bond donors (Lipinski definition) is 1. The van der Waals surface area contributed by atoms with Gasteiger partial charge in [0.2, 0.25) is 0 Å². The molecule has 0 saturated heterocycles. The van der Waals surface area contributed by atoms with E-state index in [2.05, 4.69) is 0 Å². The lowest BCUT2D eigenvalue weighted by Crippen LogP contribution is -2.06. The van der Waals surface area contributed by atoms with E-state index in [-0.39, 0.29) is 11.7 Å². The Kier molecular flexibility index (Phi) is 3.98. The Morgan fingerprint density at radius 1 is 1.50 bits per heavy atom. The van der Waals surface area contributed by atoms with Crippen LogP contribution in [0.25, 0.3) is 0 Å². The van der Waals surface area contributed by atoms with Crippen LogP contribution >= 0.6 is 0 Å². The Balaban J connectivity index is 2.47. The van der Waals surface area contributed by atoms with E-state index in [1.165, 1.54) is 12.1 Å². The molecule has 0 aromatic heterocycles. The van der Waals surface area contributed by atoms with Crippen LogP contribution < -0.4 is 4.74 Å². The van der Waals surface area contributed by atoms with Crippen LogP contribution in [-0.4, -0.2) is 11.1 Å². The molecule has 1 rings (SSSR count). The maximum Gasteiger partial charge on any atom is 0.311 e. The predicted octanol–water partition coefficient (Wildman–Crippen LogP) is 2.49. The molecule has 0 aliphatic rings. The molecule has 14 heavy (non-hydrogen) atoms. The summed E-state index contributed by atoms with van der Waals surface area (Å²) in [5, 5.41) is 9.11. The zero-order chi connectivity index (χ0) is 10.4. The van der Waals surface area contributed by atoms with Gasteiger partial charge in [0.25, 0.3) is 0 Å². The minimum atomic E-state index is -0.252. The zero-order valence-corrected chi connectivity index (χ0v) is 8.19. The fourth-order valence-corrected chi connectivity index (χ4v) is 1.05. The standard InChI is InChI=1S/C11H14O3/c1-2-3-7-11(13)14-10-6-4-5-9(12)8-10/h4-6,8,12H,2-3,7H2,1H3. The van der Waals surface area contributed by atoms with Gasteiger partial charge in [0.1, 0.15) is 11.5 Å². The van der Waals surface area contributed by atoms with Crippen LogP contribution in [0.4, 0.5) is 0 Å². The molecule has 0 fully saturated rings. The topological polar surface area (TPSA) is 46.5 Å². The molecule has 0 aliphatic heterocycles. The van der Waals surface area contributed by atoms with Crippen LogP contribution in [0.2, 0.25) is 0 Å². The molecular weight excluding hydrogens is 180 g/mol. The molecular formula is C11H14O3. The summed E-state index contributed by atoms with van der Waals surface area (Å²) in [6.45, 7) is 2.02. The van der Waals surface area contributed by atoms with Crippen LogP contribution in [0.3, 0.4) is 0 Å². The average Bonchev–Trinajstić information content (AvgIpc) is 2.15. The van der Waals surface area contributed by atoms with Gasteiger partial charge in [0, 0.05) is 12.5 Å². The summed E-state index contributed by atoms with van der Waals surface area (Å²) in [5.74, 6) is 0.245. The molecule has 0 atom stereocenters. The van der Waals surface area contributed by atoms with Gasteiger partial charge in [-0.3, -0.25) is 4.79 Å². The van der Waals surface area contributed by atoms with Crippen molar-refractivity contribution in [3.05, 3.63) is 24.3 Å². The lowest BCUT2D eigenvalue weighted by atomic mass is 10.2. The van der Waals surface area contributed by atoms with Gasteiger partial charge in [-0.2, -0.15) is 0 Å². The smallest absolute Gasteiger partial charge is 0.311 e. The predicted molar refractivity (Wildman–Crippen MR) is 53.3 cm³/mol. The Hall–Kier alpha value is -1.51. The third kappa shape index (κ3) is 3.47. The molecule has 76 valence electrons. The monoisotopic (exact) mass is 194 g/mol. The number of benzene rings is 1. The van der Waals surface area contributed by atoms with E-state index in [0.29, 0.717) is 12.2 Å². The van der Waals surface area contributed by atoms with Gasteiger partial charge < -0.3 is 9.84 Å². The minimum absolute atomic E-state index is 0.103. The van der Waals surface area contributed by atoms with Crippen molar-refractivity contribution in [1.82, 2.24) is 0 Å². The normalized spacial score (nSPS) is 9.79. The zero-order valence-electron chi connectivity index (χ0n) is 8.19. The number of hydrogen-bond acceptors (Lipinski definition) is 3. The van der Waals surface area contributed by atoms with Crippen molar-refractivity contribution in [3.63, 3.8) is 0 Å². The van der Waals surface area contributed by atoms with Crippen molar-refractivity contribution in [2.75, 3.05) is 0 Å². The van der Waals surface area contributed by atoms with E-state index in [0.717, 1.165) is 12.8 Å². The number of phenolic OH excluding ortho intramolecular Hbond substituents is 1. The number of carbonyl (C=O) groups is 1. The molecule has 0 saturated carbocycles. The van der Waals surface area contributed by atoms with E-state index in [4.69, 9.17) is 9.84 Å². The molecule has 1 aromatic carbocycles. The molecule has 0 heterocycles. The maximum absolute atomic E-state index is 11.2. The first-order chi connectivity index (χ1) is 6.72. The first-order valence-corrected chi connectivity index (χ1v) is 4.72. The molecule has 1 aromatic rings. The van der Waals surface area contributed by atoms with Crippen LogP contribution in [-0.2, 0) is 4.79 Å². The highest BCUT2D eigenvalue weighted by Crippen LogP contribution is 2.18. The van der Waals surface area contributed by atoms with Crippen molar-refractivity contribution in [1.29, 1.82) is 0 Å². The van der Waals surface area contributed by atoms with Crippen molar-refractivity contribution < 1.29 is 14.6 Å². The van der Waals surface area contributed by atoms with Gasteiger partial charge in [0.05, 0.1) is 0 Å². The first-order valence-electron chi connectivity index (χ1n) is 4.72. The van der Waals surface area contributed by atoms with Crippen LogP contribution in [0.5, 0.6) is 11.5 Å². The molecule has 3 heteroatoms. The second-order valence-corrected chi connectivity index (χ2v) is 3.07. The number of unbranched alkanes of at least 4 members (excludes halogenated alkanes) is 1.